The van der Waals surface area contributed by atoms with Crippen LogP contribution in [-0.4, -0.2) is 30.8 Å². The molecule has 0 aliphatic rings. The van der Waals surface area contributed by atoms with E-state index in [0.717, 1.165) is 34.3 Å². The molecule has 0 radical (unpaired) electrons. The van der Waals surface area contributed by atoms with Crippen molar-refractivity contribution in [3.63, 3.8) is 0 Å². The van der Waals surface area contributed by atoms with Crippen molar-refractivity contribution >= 4 is 28.6 Å². The number of methoxy groups -OCH3 is 1. The van der Waals surface area contributed by atoms with Crippen molar-refractivity contribution in [3.8, 4) is 11.5 Å². The largest absolute Gasteiger partial charge is 0.493 e. The maximum atomic E-state index is 5.72. The number of pyridine rings is 1. The lowest BCUT2D eigenvalue weighted by molar-refractivity contribution is 0.294. The smallest absolute Gasteiger partial charge is 0.173 e. The van der Waals surface area contributed by atoms with Crippen molar-refractivity contribution in [2.45, 2.75) is 13.3 Å². The summed E-state index contributed by atoms with van der Waals surface area (Å²) in [5.41, 5.74) is 6.35. The number of fused-ring (bicyclic) bond motifs is 1. The van der Waals surface area contributed by atoms with Crippen LogP contribution in [0.4, 0.5) is 5.69 Å². The molecule has 0 atom stereocenters. The zero-order valence-electron chi connectivity index (χ0n) is 18.7. The Balaban J connectivity index is 1.60. The van der Waals surface area contributed by atoms with E-state index in [9.17, 15) is 0 Å². The molecule has 0 spiro atoms. The van der Waals surface area contributed by atoms with Gasteiger partial charge in [0.2, 0.25) is 0 Å². The van der Waals surface area contributed by atoms with Crippen LogP contribution >= 0.6 is 0 Å². The number of aliphatic imine (C=N–C) groups is 1. The van der Waals surface area contributed by atoms with E-state index in [4.69, 9.17) is 19.5 Å². The highest BCUT2D eigenvalue weighted by Crippen LogP contribution is 2.27. The van der Waals surface area contributed by atoms with Crippen molar-refractivity contribution in [3.05, 3.63) is 96.2 Å². The van der Waals surface area contributed by atoms with Gasteiger partial charge in [0, 0.05) is 5.39 Å². The van der Waals surface area contributed by atoms with E-state index in [2.05, 4.69) is 17.5 Å². The highest BCUT2D eigenvalue weighted by molar-refractivity contribution is 6.00. The molecule has 4 rings (SSSR count). The van der Waals surface area contributed by atoms with E-state index >= 15 is 0 Å². The number of para-hydroxylation sites is 2. The molecule has 0 unspecified atom stereocenters. The first kappa shape index (κ1) is 22.0. The normalized spacial score (nSPS) is 11.6. The zero-order chi connectivity index (χ0) is 22.9. The molecule has 3 aromatic carbocycles. The van der Waals surface area contributed by atoms with Crippen molar-refractivity contribution in [1.29, 1.82) is 0 Å². The van der Waals surface area contributed by atoms with Gasteiger partial charge < -0.3 is 9.47 Å². The standard InChI is InChI=1S/C27H26N4O2/c1-3-17-33-25-16-13-20(18-26(25)32-2)19-28-31-27(29-22-10-5-4-6-11-22)24-15-14-21-9-7-8-12-23(21)30-24/h4-16,18-19H,3,17H2,1-2H3,(H,29,31). The summed E-state index contributed by atoms with van der Waals surface area (Å²) in [6.45, 7) is 2.71. The molecule has 6 heteroatoms. The second-order valence-corrected chi connectivity index (χ2v) is 7.31. The molecule has 0 saturated carbocycles. The molecule has 1 heterocycles. The number of hydrazone groups is 1. The summed E-state index contributed by atoms with van der Waals surface area (Å²) in [6.07, 6.45) is 2.65. The molecule has 0 bridgehead atoms. The highest BCUT2D eigenvalue weighted by Gasteiger charge is 2.08. The minimum absolute atomic E-state index is 0.554. The Hall–Kier alpha value is -4.19. The fourth-order valence-electron chi connectivity index (χ4n) is 3.23. The summed E-state index contributed by atoms with van der Waals surface area (Å²) in [5.74, 6) is 1.94. The number of ether oxygens (including phenoxy) is 2. The Kier molecular flexibility index (Phi) is 7.28. The van der Waals surface area contributed by atoms with Crippen LogP contribution in [0.3, 0.4) is 0 Å². The van der Waals surface area contributed by atoms with Crippen molar-refractivity contribution in [2.75, 3.05) is 13.7 Å². The van der Waals surface area contributed by atoms with Gasteiger partial charge in [-0.05, 0) is 54.4 Å². The molecule has 1 aromatic heterocycles. The van der Waals surface area contributed by atoms with Gasteiger partial charge in [-0.25, -0.2) is 9.98 Å². The number of rotatable bonds is 8. The number of hydrogen-bond donors (Lipinski definition) is 1. The summed E-state index contributed by atoms with van der Waals surface area (Å²) in [6, 6.07) is 27.4. The number of nitrogens with zero attached hydrogens (tertiary/aromatic N) is 3. The Morgan fingerprint density at radius 2 is 1.76 bits per heavy atom. The number of benzene rings is 3. The molecule has 33 heavy (non-hydrogen) atoms. The predicted octanol–water partition coefficient (Wildman–Crippen LogP) is 5.73. The minimum atomic E-state index is 0.554. The lowest BCUT2D eigenvalue weighted by Crippen LogP contribution is -2.20. The third-order valence-electron chi connectivity index (χ3n) is 4.87. The van der Waals surface area contributed by atoms with Gasteiger partial charge >= 0.3 is 0 Å². The molecule has 6 nitrogen and oxygen atoms in total. The second-order valence-electron chi connectivity index (χ2n) is 7.31. The lowest BCUT2D eigenvalue weighted by atomic mass is 10.2. The fraction of sp³-hybridized carbons (Fsp3) is 0.148. The Morgan fingerprint density at radius 3 is 2.58 bits per heavy atom. The van der Waals surface area contributed by atoms with E-state index in [1.165, 1.54) is 0 Å². The number of hydrogen-bond acceptors (Lipinski definition) is 5. The van der Waals surface area contributed by atoms with Crippen molar-refractivity contribution < 1.29 is 9.47 Å². The molecule has 0 fully saturated rings. The molecule has 0 amide bonds. The van der Waals surface area contributed by atoms with Gasteiger partial charge in [-0.2, -0.15) is 5.10 Å². The van der Waals surface area contributed by atoms with Crippen LogP contribution in [0.25, 0.3) is 10.9 Å². The molecule has 4 aromatic rings. The Bertz CT molecular complexity index is 1270. The molecule has 0 aliphatic carbocycles. The maximum Gasteiger partial charge on any atom is 0.173 e. The van der Waals surface area contributed by atoms with Crippen LogP contribution in [0.15, 0.2) is 95.0 Å². The van der Waals surface area contributed by atoms with Crippen LogP contribution in [0.1, 0.15) is 24.6 Å². The monoisotopic (exact) mass is 438 g/mol. The summed E-state index contributed by atoms with van der Waals surface area (Å²) in [5, 5.41) is 5.49. The lowest BCUT2D eigenvalue weighted by Gasteiger charge is -2.10. The molecule has 1 N–H and O–H groups in total. The highest BCUT2D eigenvalue weighted by atomic mass is 16.5. The van der Waals surface area contributed by atoms with Crippen LogP contribution in [-0.2, 0) is 0 Å². The van der Waals surface area contributed by atoms with Crippen molar-refractivity contribution in [2.24, 2.45) is 10.1 Å². The molecular weight excluding hydrogens is 412 g/mol. The topological polar surface area (TPSA) is 68.1 Å². The van der Waals surface area contributed by atoms with Crippen LogP contribution in [0, 0.1) is 0 Å². The van der Waals surface area contributed by atoms with E-state index in [1.807, 2.05) is 84.9 Å². The van der Waals surface area contributed by atoms with Gasteiger partial charge in [0.05, 0.1) is 31.1 Å². The predicted molar refractivity (Wildman–Crippen MR) is 134 cm³/mol. The summed E-state index contributed by atoms with van der Waals surface area (Å²) in [4.78, 5) is 9.49. The first-order valence-corrected chi connectivity index (χ1v) is 10.9. The van der Waals surface area contributed by atoms with Gasteiger partial charge in [0.1, 0.15) is 5.69 Å². The van der Waals surface area contributed by atoms with Crippen LogP contribution < -0.4 is 14.9 Å². The van der Waals surface area contributed by atoms with E-state index in [0.29, 0.717) is 23.9 Å². The molecular formula is C27H26N4O2. The average Bonchev–Trinajstić information content (AvgIpc) is 2.87. The quantitative estimate of drug-likeness (QED) is 0.217. The Morgan fingerprint density at radius 1 is 0.939 bits per heavy atom. The van der Waals surface area contributed by atoms with Gasteiger partial charge in [0.15, 0.2) is 17.3 Å². The van der Waals surface area contributed by atoms with Gasteiger partial charge in [0.25, 0.3) is 0 Å². The second kappa shape index (κ2) is 10.9. The van der Waals surface area contributed by atoms with Gasteiger partial charge in [-0.3, -0.25) is 5.43 Å². The molecule has 0 saturated heterocycles. The average molecular weight is 439 g/mol. The Labute approximate surface area is 193 Å². The SMILES string of the molecule is CCCOc1ccc(C=NNC(=Nc2ccccc2)c2ccc3ccccc3n2)cc1OC. The summed E-state index contributed by atoms with van der Waals surface area (Å²) in [7, 11) is 1.63. The first-order valence-electron chi connectivity index (χ1n) is 10.9. The number of amidine groups is 1. The third-order valence-corrected chi connectivity index (χ3v) is 4.87. The molecule has 0 aliphatic heterocycles. The van der Waals surface area contributed by atoms with Crippen LogP contribution in [0.5, 0.6) is 11.5 Å². The zero-order valence-corrected chi connectivity index (χ0v) is 18.7. The van der Waals surface area contributed by atoms with E-state index in [1.54, 1.807) is 13.3 Å². The van der Waals surface area contributed by atoms with E-state index in [-0.39, 0.29) is 0 Å². The fourth-order valence-corrected chi connectivity index (χ4v) is 3.23. The van der Waals surface area contributed by atoms with Gasteiger partial charge in [-0.15, -0.1) is 0 Å². The van der Waals surface area contributed by atoms with E-state index < -0.39 is 0 Å². The van der Waals surface area contributed by atoms with Crippen molar-refractivity contribution in [1.82, 2.24) is 10.4 Å². The summed E-state index contributed by atoms with van der Waals surface area (Å²) >= 11 is 0. The third kappa shape index (κ3) is 5.74. The maximum absolute atomic E-state index is 5.72. The van der Waals surface area contributed by atoms with Gasteiger partial charge in [-0.1, -0.05) is 49.4 Å². The number of aromatic nitrogens is 1. The summed E-state index contributed by atoms with van der Waals surface area (Å²) < 4.78 is 11.2. The number of nitrogens with one attached hydrogen (secondary N) is 1. The first-order chi connectivity index (χ1) is 16.3. The minimum Gasteiger partial charge on any atom is -0.493 e. The van der Waals surface area contributed by atoms with Crippen LogP contribution in [0.2, 0.25) is 0 Å². The molecule has 166 valence electrons.